The molecule has 0 radical (unpaired) electrons. The quantitative estimate of drug-likeness (QED) is 0.610. The maximum Gasteiger partial charge on any atom is 0.417 e. The molecule has 8 heteroatoms. The molecule has 0 amide bonds. The van der Waals surface area contributed by atoms with Gasteiger partial charge in [-0.05, 0) is 19.1 Å². The third-order valence-corrected chi connectivity index (χ3v) is 2.63. The predicted octanol–water partition coefficient (Wildman–Crippen LogP) is 4.27. The van der Waals surface area contributed by atoms with Crippen LogP contribution < -0.4 is 4.74 Å². The van der Waals surface area contributed by atoms with Crippen molar-refractivity contribution in [3.8, 4) is 5.75 Å². The number of hydrogen-bond donors (Lipinski definition) is 0. The maximum atomic E-state index is 12.5. The lowest BCUT2D eigenvalue weighted by Gasteiger charge is -2.14. The number of Topliss-reactive ketones (excluding diaryl/α,β-unsaturated/α-hetero) is 1. The molecule has 0 N–H and O–H groups in total. The topological polar surface area (TPSA) is 26.3 Å². The first-order valence-electron chi connectivity index (χ1n) is 4.49. The van der Waals surface area contributed by atoms with Crippen LogP contribution in [-0.2, 0) is 6.18 Å². The normalized spacial score (nSPS) is 11.8. The van der Waals surface area contributed by atoms with Gasteiger partial charge in [0.25, 0.3) is 0 Å². The van der Waals surface area contributed by atoms with Crippen LogP contribution in [0.2, 0.25) is 0 Å². The van der Waals surface area contributed by atoms with Crippen LogP contribution in [0.25, 0.3) is 0 Å². The van der Waals surface area contributed by atoms with E-state index in [0.29, 0.717) is 6.07 Å². The third-order valence-electron chi connectivity index (χ3n) is 1.97. The SMILES string of the molecule is CC(=O)c1cc(Br)c(C(F)(F)F)cc1OC(F)F. The van der Waals surface area contributed by atoms with E-state index in [2.05, 4.69) is 20.7 Å². The van der Waals surface area contributed by atoms with Crippen LogP contribution in [0.15, 0.2) is 16.6 Å². The smallest absolute Gasteiger partial charge is 0.417 e. The van der Waals surface area contributed by atoms with Crippen molar-refractivity contribution in [2.24, 2.45) is 0 Å². The van der Waals surface area contributed by atoms with Gasteiger partial charge in [-0.2, -0.15) is 22.0 Å². The second kappa shape index (κ2) is 5.21. The van der Waals surface area contributed by atoms with E-state index >= 15 is 0 Å². The number of alkyl halides is 5. The average Bonchev–Trinajstić information content (AvgIpc) is 2.17. The molecule has 0 spiro atoms. The summed E-state index contributed by atoms with van der Waals surface area (Å²) in [6.45, 7) is -2.28. The van der Waals surface area contributed by atoms with Crippen molar-refractivity contribution in [3.63, 3.8) is 0 Å². The van der Waals surface area contributed by atoms with Crippen molar-refractivity contribution in [3.05, 3.63) is 27.7 Å². The van der Waals surface area contributed by atoms with Gasteiger partial charge in [0.15, 0.2) is 5.78 Å². The summed E-state index contributed by atoms with van der Waals surface area (Å²) in [6.07, 6.45) is -4.74. The first kappa shape index (κ1) is 14.9. The lowest BCUT2D eigenvalue weighted by molar-refractivity contribution is -0.138. The minimum absolute atomic E-state index is 0.352. The van der Waals surface area contributed by atoms with Gasteiger partial charge in [0.2, 0.25) is 0 Å². The van der Waals surface area contributed by atoms with Crippen LogP contribution in [0.4, 0.5) is 22.0 Å². The van der Waals surface area contributed by atoms with E-state index in [9.17, 15) is 26.7 Å². The van der Waals surface area contributed by atoms with E-state index < -0.39 is 34.4 Å². The molecule has 0 aliphatic carbocycles. The van der Waals surface area contributed by atoms with Crippen molar-refractivity contribution in [1.82, 2.24) is 0 Å². The van der Waals surface area contributed by atoms with E-state index in [1.165, 1.54) is 0 Å². The number of hydrogen-bond acceptors (Lipinski definition) is 2. The molecule has 1 aromatic carbocycles. The van der Waals surface area contributed by atoms with Crippen molar-refractivity contribution < 1.29 is 31.5 Å². The zero-order valence-electron chi connectivity index (χ0n) is 8.82. The summed E-state index contributed by atoms with van der Waals surface area (Å²) in [5.74, 6) is -1.48. The summed E-state index contributed by atoms with van der Waals surface area (Å²) < 4.78 is 65.3. The van der Waals surface area contributed by atoms with Crippen molar-refractivity contribution in [1.29, 1.82) is 0 Å². The van der Waals surface area contributed by atoms with E-state index in [1.807, 2.05) is 0 Å². The largest absolute Gasteiger partial charge is 0.434 e. The van der Waals surface area contributed by atoms with Gasteiger partial charge in [0, 0.05) is 4.47 Å². The molecule has 0 fully saturated rings. The summed E-state index contributed by atoms with van der Waals surface area (Å²) in [5, 5.41) is 0. The third kappa shape index (κ3) is 3.41. The fraction of sp³-hybridized carbons (Fsp3) is 0.300. The Morgan fingerprint density at radius 3 is 2.28 bits per heavy atom. The Hall–Kier alpha value is -1.18. The summed E-state index contributed by atoms with van der Waals surface area (Å²) in [6, 6.07) is 1.18. The molecule has 0 aliphatic heterocycles. The van der Waals surface area contributed by atoms with Crippen molar-refractivity contribution >= 4 is 21.7 Å². The van der Waals surface area contributed by atoms with E-state index in [0.717, 1.165) is 13.0 Å². The molecule has 1 rings (SSSR count). The molecular formula is C10H6BrF5O2. The Kier molecular flexibility index (Phi) is 4.31. The Morgan fingerprint density at radius 1 is 1.33 bits per heavy atom. The number of rotatable bonds is 3. The number of ketones is 1. The van der Waals surface area contributed by atoms with Gasteiger partial charge in [-0.3, -0.25) is 4.79 Å². The van der Waals surface area contributed by atoms with Gasteiger partial charge in [-0.1, -0.05) is 15.9 Å². The number of ether oxygens (including phenoxy) is 1. The van der Waals surface area contributed by atoms with Crippen LogP contribution in [0, 0.1) is 0 Å². The second-order valence-corrected chi connectivity index (χ2v) is 4.11. The van der Waals surface area contributed by atoms with E-state index in [4.69, 9.17) is 0 Å². The van der Waals surface area contributed by atoms with Gasteiger partial charge < -0.3 is 4.74 Å². The van der Waals surface area contributed by atoms with Crippen molar-refractivity contribution in [2.75, 3.05) is 0 Å². The fourth-order valence-electron chi connectivity index (χ4n) is 1.24. The minimum atomic E-state index is -4.74. The highest BCUT2D eigenvalue weighted by Crippen LogP contribution is 2.39. The van der Waals surface area contributed by atoms with Gasteiger partial charge in [-0.15, -0.1) is 0 Å². The standard InChI is InChI=1S/C10H6BrF5O2/c1-4(17)5-2-7(11)6(10(14,15)16)3-8(5)18-9(12)13/h2-3,9H,1H3. The van der Waals surface area contributed by atoms with Crippen LogP contribution in [0.3, 0.4) is 0 Å². The van der Waals surface area contributed by atoms with Crippen LogP contribution >= 0.6 is 15.9 Å². The molecule has 0 unspecified atom stereocenters. The lowest BCUT2D eigenvalue weighted by Crippen LogP contribution is -2.11. The Balaban J connectivity index is 3.40. The molecule has 0 aliphatic rings. The average molecular weight is 333 g/mol. The zero-order chi connectivity index (χ0) is 14.1. The molecule has 1 aromatic rings. The van der Waals surface area contributed by atoms with Gasteiger partial charge >= 0.3 is 12.8 Å². The summed E-state index contributed by atoms with van der Waals surface area (Å²) in [7, 11) is 0. The Labute approximate surface area is 107 Å². The highest BCUT2D eigenvalue weighted by molar-refractivity contribution is 9.10. The molecule has 0 saturated heterocycles. The second-order valence-electron chi connectivity index (χ2n) is 3.26. The Bertz CT molecular complexity index is 470. The highest BCUT2D eigenvalue weighted by atomic mass is 79.9. The van der Waals surface area contributed by atoms with Crippen LogP contribution in [0.5, 0.6) is 5.75 Å². The minimum Gasteiger partial charge on any atom is -0.434 e. The van der Waals surface area contributed by atoms with Gasteiger partial charge in [0.1, 0.15) is 5.75 Å². The highest BCUT2D eigenvalue weighted by Gasteiger charge is 2.34. The summed E-state index contributed by atoms with van der Waals surface area (Å²) in [4.78, 5) is 11.1. The molecule has 0 aromatic heterocycles. The number of benzene rings is 1. The summed E-state index contributed by atoms with van der Waals surface area (Å²) in [5.41, 5.74) is -1.54. The predicted molar refractivity (Wildman–Crippen MR) is 55.8 cm³/mol. The molecule has 0 heterocycles. The molecular weight excluding hydrogens is 327 g/mol. The van der Waals surface area contributed by atoms with E-state index in [1.54, 1.807) is 0 Å². The first-order valence-corrected chi connectivity index (χ1v) is 5.28. The molecule has 100 valence electrons. The van der Waals surface area contributed by atoms with Gasteiger partial charge in [0.05, 0.1) is 11.1 Å². The van der Waals surface area contributed by atoms with Crippen LogP contribution in [-0.4, -0.2) is 12.4 Å². The van der Waals surface area contributed by atoms with Crippen LogP contribution in [0.1, 0.15) is 22.8 Å². The zero-order valence-corrected chi connectivity index (χ0v) is 10.4. The molecule has 2 nitrogen and oxygen atoms in total. The molecule has 18 heavy (non-hydrogen) atoms. The number of halogens is 6. The monoisotopic (exact) mass is 332 g/mol. The lowest BCUT2D eigenvalue weighted by atomic mass is 10.1. The number of carbonyl (C=O) groups excluding carboxylic acids is 1. The fourth-order valence-corrected chi connectivity index (χ4v) is 1.81. The van der Waals surface area contributed by atoms with Crippen molar-refractivity contribution in [2.45, 2.75) is 19.7 Å². The van der Waals surface area contributed by atoms with Gasteiger partial charge in [-0.25, -0.2) is 0 Å². The Morgan fingerprint density at radius 2 is 1.89 bits per heavy atom. The molecule has 0 atom stereocenters. The first-order chi connectivity index (χ1) is 8.12. The van der Waals surface area contributed by atoms with E-state index in [-0.39, 0.29) is 5.56 Å². The molecule has 0 bridgehead atoms. The maximum absolute atomic E-state index is 12.5. The number of carbonyl (C=O) groups is 1. The summed E-state index contributed by atoms with van der Waals surface area (Å²) >= 11 is 2.64. The molecule has 0 saturated carbocycles.